The van der Waals surface area contributed by atoms with Crippen LogP contribution in [0, 0.1) is 0 Å². The fraction of sp³-hybridized carbons (Fsp3) is 0.500. The van der Waals surface area contributed by atoms with Gasteiger partial charge in [-0.25, -0.2) is 9.97 Å². The Bertz CT molecular complexity index is 569. The standard InChI is InChI=1S/C16H24N4O/c1-4-20(5-2)10-6-9-17-16-14-8-7-13(21-3)11-15(14)18-12-19-16/h7-8,11-12H,4-6,9-10H2,1-3H3,(H,17,18,19). The van der Waals surface area contributed by atoms with Crippen LogP contribution in [0.15, 0.2) is 24.5 Å². The fourth-order valence-electron chi connectivity index (χ4n) is 2.35. The van der Waals surface area contributed by atoms with Crippen molar-refractivity contribution in [1.29, 1.82) is 0 Å². The summed E-state index contributed by atoms with van der Waals surface area (Å²) in [6.07, 6.45) is 2.69. The van der Waals surface area contributed by atoms with Crippen LogP contribution in [0.1, 0.15) is 20.3 Å². The molecule has 5 nitrogen and oxygen atoms in total. The Balaban J connectivity index is 1.99. The van der Waals surface area contributed by atoms with Crippen LogP contribution in [-0.2, 0) is 0 Å². The van der Waals surface area contributed by atoms with Crippen molar-refractivity contribution >= 4 is 16.7 Å². The van der Waals surface area contributed by atoms with Gasteiger partial charge < -0.3 is 15.0 Å². The number of nitrogens with one attached hydrogen (secondary N) is 1. The monoisotopic (exact) mass is 288 g/mol. The number of nitrogens with zero attached hydrogens (tertiary/aromatic N) is 3. The van der Waals surface area contributed by atoms with Crippen LogP contribution < -0.4 is 10.1 Å². The van der Waals surface area contributed by atoms with Crippen molar-refractivity contribution in [2.75, 3.05) is 38.6 Å². The van der Waals surface area contributed by atoms with Gasteiger partial charge in [-0.1, -0.05) is 13.8 Å². The van der Waals surface area contributed by atoms with E-state index in [4.69, 9.17) is 4.74 Å². The molecule has 0 saturated heterocycles. The van der Waals surface area contributed by atoms with Gasteiger partial charge in [-0.05, 0) is 38.2 Å². The van der Waals surface area contributed by atoms with Crippen LogP contribution in [0.3, 0.4) is 0 Å². The molecule has 0 atom stereocenters. The number of rotatable bonds is 8. The molecule has 0 aliphatic carbocycles. The number of hydrogen-bond acceptors (Lipinski definition) is 5. The Hall–Kier alpha value is -1.88. The van der Waals surface area contributed by atoms with Gasteiger partial charge in [-0.2, -0.15) is 0 Å². The van der Waals surface area contributed by atoms with Crippen LogP contribution in [0.4, 0.5) is 5.82 Å². The van der Waals surface area contributed by atoms with E-state index < -0.39 is 0 Å². The van der Waals surface area contributed by atoms with E-state index in [0.717, 1.165) is 55.1 Å². The van der Waals surface area contributed by atoms with Crippen molar-refractivity contribution in [1.82, 2.24) is 14.9 Å². The smallest absolute Gasteiger partial charge is 0.137 e. The molecule has 1 N–H and O–H groups in total. The van der Waals surface area contributed by atoms with Gasteiger partial charge in [-0.3, -0.25) is 0 Å². The summed E-state index contributed by atoms with van der Waals surface area (Å²) < 4.78 is 5.23. The second-order valence-corrected chi connectivity index (χ2v) is 4.91. The van der Waals surface area contributed by atoms with Gasteiger partial charge in [0.2, 0.25) is 0 Å². The Morgan fingerprint density at radius 3 is 2.71 bits per heavy atom. The highest BCUT2D eigenvalue weighted by Crippen LogP contribution is 2.23. The molecule has 0 fully saturated rings. The van der Waals surface area contributed by atoms with E-state index in [1.807, 2.05) is 18.2 Å². The van der Waals surface area contributed by atoms with Crippen molar-refractivity contribution in [2.45, 2.75) is 20.3 Å². The molecule has 0 saturated carbocycles. The average Bonchev–Trinajstić information content (AvgIpc) is 2.54. The Morgan fingerprint density at radius 2 is 2.00 bits per heavy atom. The van der Waals surface area contributed by atoms with Crippen LogP contribution in [0.2, 0.25) is 0 Å². The quantitative estimate of drug-likeness (QED) is 0.757. The summed E-state index contributed by atoms with van der Waals surface area (Å²) >= 11 is 0. The van der Waals surface area contributed by atoms with Crippen molar-refractivity contribution in [2.24, 2.45) is 0 Å². The maximum Gasteiger partial charge on any atom is 0.137 e. The molecule has 0 spiro atoms. The van der Waals surface area contributed by atoms with Crippen LogP contribution in [0.25, 0.3) is 10.9 Å². The predicted octanol–water partition coefficient (Wildman–Crippen LogP) is 2.78. The van der Waals surface area contributed by atoms with Gasteiger partial charge in [-0.15, -0.1) is 0 Å². The summed E-state index contributed by atoms with van der Waals surface area (Å²) in [5.74, 6) is 1.70. The molecule has 0 radical (unpaired) electrons. The molecular formula is C16H24N4O. The largest absolute Gasteiger partial charge is 0.497 e. The van der Waals surface area contributed by atoms with Crippen molar-refractivity contribution in [3.05, 3.63) is 24.5 Å². The molecule has 0 aliphatic rings. The number of aromatic nitrogens is 2. The van der Waals surface area contributed by atoms with E-state index >= 15 is 0 Å². The first-order valence-electron chi connectivity index (χ1n) is 7.53. The number of hydrogen-bond donors (Lipinski definition) is 1. The Kier molecular flexibility index (Phi) is 5.75. The minimum atomic E-state index is 0.814. The van der Waals surface area contributed by atoms with Crippen molar-refractivity contribution in [3.63, 3.8) is 0 Å². The highest BCUT2D eigenvalue weighted by atomic mass is 16.5. The summed E-state index contributed by atoms with van der Waals surface area (Å²) in [5, 5.41) is 4.44. The van der Waals surface area contributed by atoms with Gasteiger partial charge in [0.25, 0.3) is 0 Å². The van der Waals surface area contributed by atoms with Gasteiger partial charge >= 0.3 is 0 Å². The zero-order valence-electron chi connectivity index (χ0n) is 13.1. The lowest BCUT2D eigenvalue weighted by Gasteiger charge is -2.18. The number of anilines is 1. The van der Waals surface area contributed by atoms with E-state index in [2.05, 4.69) is 34.0 Å². The normalized spacial score (nSPS) is 11.0. The van der Waals surface area contributed by atoms with Crippen LogP contribution >= 0.6 is 0 Å². The van der Waals surface area contributed by atoms with E-state index in [-0.39, 0.29) is 0 Å². The molecular weight excluding hydrogens is 264 g/mol. The summed E-state index contributed by atoms with van der Waals surface area (Å²) in [6.45, 7) is 8.62. The number of methoxy groups -OCH3 is 1. The SMILES string of the molecule is CCN(CC)CCCNc1ncnc2cc(OC)ccc12. The molecule has 0 unspecified atom stereocenters. The van der Waals surface area contributed by atoms with E-state index in [0.29, 0.717) is 0 Å². The first kappa shape index (κ1) is 15.5. The minimum absolute atomic E-state index is 0.814. The van der Waals surface area contributed by atoms with Gasteiger partial charge in [0.1, 0.15) is 17.9 Å². The third kappa shape index (κ3) is 4.04. The highest BCUT2D eigenvalue weighted by molar-refractivity contribution is 5.89. The zero-order valence-corrected chi connectivity index (χ0v) is 13.1. The van der Waals surface area contributed by atoms with Gasteiger partial charge in [0.05, 0.1) is 12.6 Å². The van der Waals surface area contributed by atoms with Gasteiger partial charge in [0.15, 0.2) is 0 Å². The first-order valence-corrected chi connectivity index (χ1v) is 7.53. The number of ether oxygens (including phenoxy) is 1. The highest BCUT2D eigenvalue weighted by Gasteiger charge is 2.05. The fourth-order valence-corrected chi connectivity index (χ4v) is 2.35. The molecule has 1 aromatic carbocycles. The minimum Gasteiger partial charge on any atom is -0.497 e. The van der Waals surface area contributed by atoms with Crippen LogP contribution in [0.5, 0.6) is 5.75 Å². The number of fused-ring (bicyclic) bond motifs is 1. The molecule has 1 heterocycles. The third-order valence-corrected chi connectivity index (χ3v) is 3.68. The van der Waals surface area contributed by atoms with E-state index in [1.165, 1.54) is 0 Å². The molecule has 2 rings (SSSR count). The third-order valence-electron chi connectivity index (χ3n) is 3.68. The first-order chi connectivity index (χ1) is 10.3. The topological polar surface area (TPSA) is 50.3 Å². The molecule has 0 amide bonds. The van der Waals surface area contributed by atoms with E-state index in [1.54, 1.807) is 13.4 Å². The molecule has 1 aromatic heterocycles. The molecule has 0 aliphatic heterocycles. The van der Waals surface area contributed by atoms with Gasteiger partial charge in [0, 0.05) is 18.0 Å². The van der Waals surface area contributed by atoms with Crippen LogP contribution in [-0.4, -0.2) is 48.2 Å². The van der Waals surface area contributed by atoms with Crippen molar-refractivity contribution in [3.8, 4) is 5.75 Å². The molecule has 2 aromatic rings. The molecule has 5 heteroatoms. The molecule has 114 valence electrons. The average molecular weight is 288 g/mol. The van der Waals surface area contributed by atoms with Crippen molar-refractivity contribution < 1.29 is 4.74 Å². The Labute approximate surface area is 126 Å². The Morgan fingerprint density at radius 1 is 1.19 bits per heavy atom. The lowest BCUT2D eigenvalue weighted by Crippen LogP contribution is -2.25. The summed E-state index contributed by atoms with van der Waals surface area (Å²) in [4.78, 5) is 11.1. The van der Waals surface area contributed by atoms with E-state index in [9.17, 15) is 0 Å². The lowest BCUT2D eigenvalue weighted by atomic mass is 10.2. The second-order valence-electron chi connectivity index (χ2n) is 4.91. The molecule has 21 heavy (non-hydrogen) atoms. The number of benzene rings is 1. The molecule has 0 bridgehead atoms. The summed E-state index contributed by atoms with van der Waals surface area (Å²) in [5.41, 5.74) is 0.899. The second kappa shape index (κ2) is 7.78. The summed E-state index contributed by atoms with van der Waals surface area (Å²) in [7, 11) is 1.66. The lowest BCUT2D eigenvalue weighted by molar-refractivity contribution is 0.303. The zero-order chi connectivity index (χ0) is 15.1. The summed E-state index contributed by atoms with van der Waals surface area (Å²) in [6, 6.07) is 5.87. The predicted molar refractivity (Wildman–Crippen MR) is 87.0 cm³/mol. The maximum atomic E-state index is 5.23. The maximum absolute atomic E-state index is 5.23.